The molecule has 0 aliphatic rings. The maximum absolute atomic E-state index is 11.3. The summed E-state index contributed by atoms with van der Waals surface area (Å²) in [4.78, 5) is 25.3. The van der Waals surface area contributed by atoms with Gasteiger partial charge >= 0.3 is 5.97 Å². The van der Waals surface area contributed by atoms with Crippen LogP contribution in [0.1, 0.15) is 48.3 Å². The number of carbonyl (C=O) groups is 2. The average molecular weight is 274 g/mol. The molecule has 106 valence electrons. The second-order valence-electron chi connectivity index (χ2n) is 5.15. The molecule has 2 aromatic rings. The van der Waals surface area contributed by atoms with Gasteiger partial charge in [0.1, 0.15) is 5.69 Å². The number of H-pyrrole nitrogens is 1. The first-order chi connectivity index (χ1) is 9.40. The van der Waals surface area contributed by atoms with Gasteiger partial charge < -0.3 is 15.4 Å². The summed E-state index contributed by atoms with van der Waals surface area (Å²) < 4.78 is 0. The van der Waals surface area contributed by atoms with Crippen LogP contribution in [0.4, 0.5) is 0 Å². The molecule has 2 rings (SSSR count). The van der Waals surface area contributed by atoms with Gasteiger partial charge in [0.2, 0.25) is 5.91 Å². The molecule has 3 N–H and O–H groups in total. The van der Waals surface area contributed by atoms with Crippen LogP contribution in [0.15, 0.2) is 18.2 Å². The molecule has 20 heavy (non-hydrogen) atoms. The Balaban J connectivity index is 2.58. The van der Waals surface area contributed by atoms with Gasteiger partial charge in [0.15, 0.2) is 0 Å². The van der Waals surface area contributed by atoms with Gasteiger partial charge in [0.05, 0.1) is 0 Å². The zero-order valence-electron chi connectivity index (χ0n) is 11.8. The summed E-state index contributed by atoms with van der Waals surface area (Å²) in [6.07, 6.45) is 0. The van der Waals surface area contributed by atoms with Crippen LogP contribution in [-0.2, 0) is 11.3 Å². The first-order valence-electron chi connectivity index (χ1n) is 6.52. The smallest absolute Gasteiger partial charge is 0.352 e. The van der Waals surface area contributed by atoms with E-state index in [1.807, 2.05) is 18.2 Å². The number of benzene rings is 1. The van der Waals surface area contributed by atoms with Crippen molar-refractivity contribution in [3.8, 4) is 0 Å². The SMILES string of the molecule is CC(=O)NCc1c(C(=O)O)[nH]c2ccc(C(C)C)cc12. The number of fused-ring (bicyclic) bond motifs is 1. The number of hydrogen-bond donors (Lipinski definition) is 3. The summed E-state index contributed by atoms with van der Waals surface area (Å²) >= 11 is 0. The van der Waals surface area contributed by atoms with Crippen LogP contribution in [0.5, 0.6) is 0 Å². The highest BCUT2D eigenvalue weighted by Gasteiger charge is 2.17. The molecule has 0 unspecified atom stereocenters. The van der Waals surface area contributed by atoms with E-state index in [0.717, 1.165) is 16.5 Å². The lowest BCUT2D eigenvalue weighted by Gasteiger charge is -2.07. The van der Waals surface area contributed by atoms with Crippen molar-refractivity contribution < 1.29 is 14.7 Å². The van der Waals surface area contributed by atoms with Crippen LogP contribution in [0.2, 0.25) is 0 Å². The summed E-state index contributed by atoms with van der Waals surface area (Å²) in [6.45, 7) is 5.78. The monoisotopic (exact) mass is 274 g/mol. The standard InChI is InChI=1S/C15H18N2O3/c1-8(2)10-4-5-13-11(6-10)12(7-16-9(3)18)14(17-13)15(19)20/h4-6,8,17H,7H2,1-3H3,(H,16,18)(H,19,20). The van der Waals surface area contributed by atoms with Crippen LogP contribution in [0.3, 0.4) is 0 Å². The van der Waals surface area contributed by atoms with Gasteiger partial charge in [-0.3, -0.25) is 4.79 Å². The fourth-order valence-corrected chi connectivity index (χ4v) is 2.20. The van der Waals surface area contributed by atoms with Crippen LogP contribution in [0.25, 0.3) is 10.9 Å². The lowest BCUT2D eigenvalue weighted by molar-refractivity contribution is -0.119. The lowest BCUT2D eigenvalue weighted by Crippen LogP contribution is -2.20. The molecule has 0 spiro atoms. The third kappa shape index (κ3) is 2.66. The normalized spacial score (nSPS) is 11.0. The van der Waals surface area contributed by atoms with Crippen molar-refractivity contribution >= 4 is 22.8 Å². The average Bonchev–Trinajstić information content (AvgIpc) is 2.73. The predicted molar refractivity (Wildman–Crippen MR) is 76.9 cm³/mol. The Morgan fingerprint density at radius 2 is 2.05 bits per heavy atom. The van der Waals surface area contributed by atoms with Crippen molar-refractivity contribution in [1.29, 1.82) is 0 Å². The van der Waals surface area contributed by atoms with Crippen LogP contribution in [0, 0.1) is 0 Å². The molecule has 5 nitrogen and oxygen atoms in total. The molecule has 0 bridgehead atoms. The fourth-order valence-electron chi connectivity index (χ4n) is 2.20. The number of hydrogen-bond acceptors (Lipinski definition) is 2. The number of carboxylic acid groups (broad SMARTS) is 1. The molecule has 1 aromatic carbocycles. The van der Waals surface area contributed by atoms with Crippen molar-refractivity contribution in [2.75, 3.05) is 0 Å². The van der Waals surface area contributed by atoms with Crippen molar-refractivity contribution in [3.05, 3.63) is 35.0 Å². The number of aromatic nitrogens is 1. The third-order valence-electron chi connectivity index (χ3n) is 3.32. The second kappa shape index (κ2) is 5.36. The largest absolute Gasteiger partial charge is 0.477 e. The Labute approximate surface area is 117 Å². The van der Waals surface area contributed by atoms with E-state index in [1.165, 1.54) is 6.92 Å². The minimum absolute atomic E-state index is 0.134. The van der Waals surface area contributed by atoms with Gasteiger partial charge in [-0.25, -0.2) is 4.79 Å². The minimum atomic E-state index is -1.02. The number of carbonyl (C=O) groups excluding carboxylic acids is 1. The molecule has 0 saturated carbocycles. The van der Waals surface area contributed by atoms with E-state index in [0.29, 0.717) is 11.5 Å². The number of carboxylic acids is 1. The maximum Gasteiger partial charge on any atom is 0.352 e. The molecule has 0 fully saturated rings. The highest BCUT2D eigenvalue weighted by molar-refractivity contribution is 5.97. The number of amides is 1. The van der Waals surface area contributed by atoms with Gasteiger partial charge in [0, 0.05) is 29.9 Å². The van der Waals surface area contributed by atoms with Crippen molar-refractivity contribution in [1.82, 2.24) is 10.3 Å². The van der Waals surface area contributed by atoms with Crippen molar-refractivity contribution in [2.45, 2.75) is 33.2 Å². The molecule has 1 heterocycles. The van der Waals surface area contributed by atoms with E-state index in [9.17, 15) is 14.7 Å². The van der Waals surface area contributed by atoms with E-state index in [-0.39, 0.29) is 18.1 Å². The van der Waals surface area contributed by atoms with Crippen molar-refractivity contribution in [3.63, 3.8) is 0 Å². The Bertz CT molecular complexity index is 671. The van der Waals surface area contributed by atoms with Gasteiger partial charge in [0.25, 0.3) is 0 Å². The highest BCUT2D eigenvalue weighted by Crippen LogP contribution is 2.26. The molecule has 0 atom stereocenters. The number of rotatable bonds is 4. The number of aromatic amines is 1. The first kappa shape index (κ1) is 14.1. The Hall–Kier alpha value is -2.30. The van der Waals surface area contributed by atoms with Crippen LogP contribution >= 0.6 is 0 Å². The molecule has 5 heteroatoms. The van der Waals surface area contributed by atoms with Crippen LogP contribution < -0.4 is 5.32 Å². The topological polar surface area (TPSA) is 82.2 Å². The molecule has 0 aliphatic carbocycles. The van der Waals surface area contributed by atoms with E-state index < -0.39 is 5.97 Å². The zero-order valence-corrected chi connectivity index (χ0v) is 11.8. The quantitative estimate of drug-likeness (QED) is 0.801. The van der Waals surface area contributed by atoms with E-state index >= 15 is 0 Å². The fraction of sp³-hybridized carbons (Fsp3) is 0.333. The molecular weight excluding hydrogens is 256 g/mol. The van der Waals surface area contributed by atoms with Crippen molar-refractivity contribution in [2.24, 2.45) is 0 Å². The maximum atomic E-state index is 11.3. The Morgan fingerprint density at radius 1 is 1.35 bits per heavy atom. The first-order valence-corrected chi connectivity index (χ1v) is 6.52. The van der Waals surface area contributed by atoms with Gasteiger partial charge in [-0.2, -0.15) is 0 Å². The molecule has 0 radical (unpaired) electrons. The summed E-state index contributed by atoms with van der Waals surface area (Å²) in [7, 11) is 0. The van der Waals surface area contributed by atoms with Crippen LogP contribution in [-0.4, -0.2) is 22.0 Å². The third-order valence-corrected chi connectivity index (χ3v) is 3.32. The molecule has 0 aliphatic heterocycles. The number of aromatic carboxylic acids is 1. The molecular formula is C15H18N2O3. The van der Waals surface area contributed by atoms with Gasteiger partial charge in [-0.05, 0) is 23.6 Å². The van der Waals surface area contributed by atoms with E-state index in [4.69, 9.17) is 0 Å². The molecule has 0 saturated heterocycles. The van der Waals surface area contributed by atoms with E-state index in [1.54, 1.807) is 0 Å². The van der Waals surface area contributed by atoms with E-state index in [2.05, 4.69) is 24.1 Å². The number of nitrogens with one attached hydrogen (secondary N) is 2. The minimum Gasteiger partial charge on any atom is -0.477 e. The summed E-state index contributed by atoms with van der Waals surface area (Å²) in [5.41, 5.74) is 2.66. The Kier molecular flexibility index (Phi) is 3.79. The predicted octanol–water partition coefficient (Wildman–Crippen LogP) is 2.63. The molecule has 1 aromatic heterocycles. The van der Waals surface area contributed by atoms with Gasteiger partial charge in [-0.1, -0.05) is 19.9 Å². The zero-order chi connectivity index (χ0) is 14.9. The summed E-state index contributed by atoms with van der Waals surface area (Å²) in [5.74, 6) is -0.848. The van der Waals surface area contributed by atoms with Gasteiger partial charge in [-0.15, -0.1) is 0 Å². The summed E-state index contributed by atoms with van der Waals surface area (Å²) in [5, 5.41) is 12.8. The summed E-state index contributed by atoms with van der Waals surface area (Å²) in [6, 6.07) is 5.85. The Morgan fingerprint density at radius 3 is 2.60 bits per heavy atom. The molecule has 1 amide bonds. The second-order valence-corrected chi connectivity index (χ2v) is 5.15. The highest BCUT2D eigenvalue weighted by atomic mass is 16.4. The lowest BCUT2D eigenvalue weighted by atomic mass is 10.00.